The Morgan fingerprint density at radius 2 is 0.882 bits per heavy atom. The molecule has 6 nitrogen and oxygen atoms in total. The zero-order chi connectivity index (χ0) is 22.5. The lowest BCUT2D eigenvalue weighted by molar-refractivity contribution is -0.688. The molecule has 10 heteroatoms. The number of rotatable bonds is 7. The minimum atomic E-state index is -1.46. The molecule has 0 aliphatic heterocycles. The van der Waals surface area contributed by atoms with E-state index < -0.39 is 14.2 Å². The van der Waals surface area contributed by atoms with Gasteiger partial charge in [-0.3, -0.25) is 0 Å². The van der Waals surface area contributed by atoms with Crippen LogP contribution in [0.3, 0.4) is 0 Å². The summed E-state index contributed by atoms with van der Waals surface area (Å²) in [6.07, 6.45) is 8.02. The molecule has 0 radical (unpaired) electrons. The maximum Gasteiger partial charge on any atom is 0.488 e. The van der Waals surface area contributed by atoms with Crippen molar-refractivity contribution < 1.29 is 54.0 Å². The molecule has 0 saturated carbocycles. The number of halogens is 2. The van der Waals surface area contributed by atoms with Crippen LogP contribution in [-0.2, 0) is 13.1 Å². The Morgan fingerprint density at radius 3 is 1.21 bits per heavy atom. The topological polar surface area (TPSA) is 88.7 Å². The molecule has 174 valence electrons. The Bertz CT molecular complexity index is 1100. The molecule has 0 amide bonds. The van der Waals surface area contributed by atoms with Crippen molar-refractivity contribution in [2.24, 2.45) is 0 Å². The van der Waals surface area contributed by atoms with Gasteiger partial charge in [-0.15, -0.1) is 0 Å². The molecule has 2 aromatic heterocycles. The van der Waals surface area contributed by atoms with E-state index >= 15 is 0 Å². The van der Waals surface area contributed by atoms with Crippen LogP contribution < -0.4 is 44.9 Å². The summed E-state index contributed by atoms with van der Waals surface area (Å²) in [5, 5.41) is 37.4. The maximum atomic E-state index is 9.34. The molecule has 0 unspecified atom stereocenters. The third-order valence-corrected chi connectivity index (χ3v) is 5.34. The van der Waals surface area contributed by atoms with E-state index in [0.717, 1.165) is 22.3 Å². The number of nitrogens with zero attached hydrogens (tertiary/aromatic N) is 2. The second-order valence-corrected chi connectivity index (χ2v) is 7.76. The molecule has 0 atom stereocenters. The number of benzene rings is 2. The molecule has 4 rings (SSSR count). The maximum absolute atomic E-state index is 9.34. The molecule has 4 N–H and O–H groups in total. The van der Waals surface area contributed by atoms with E-state index in [1.807, 2.05) is 58.2 Å². The van der Waals surface area contributed by atoms with Crippen LogP contribution in [0, 0.1) is 0 Å². The first-order chi connectivity index (χ1) is 15.5. The van der Waals surface area contributed by atoms with Crippen molar-refractivity contribution in [3.8, 4) is 11.1 Å². The Kier molecular flexibility index (Phi) is 10.3. The van der Waals surface area contributed by atoms with E-state index in [0.29, 0.717) is 24.0 Å². The molecule has 0 fully saturated rings. The molecule has 34 heavy (non-hydrogen) atoms. The molecule has 0 aliphatic carbocycles. The van der Waals surface area contributed by atoms with Gasteiger partial charge in [-0.2, -0.15) is 0 Å². The van der Waals surface area contributed by atoms with Crippen LogP contribution in [0.4, 0.5) is 0 Å². The van der Waals surface area contributed by atoms with Crippen LogP contribution in [0.2, 0.25) is 0 Å². The lowest BCUT2D eigenvalue weighted by Gasteiger charge is -2.04. The van der Waals surface area contributed by atoms with Crippen LogP contribution in [0.5, 0.6) is 0 Å². The first-order valence-electron chi connectivity index (χ1n) is 10.4. The van der Waals surface area contributed by atoms with Gasteiger partial charge in [-0.25, -0.2) is 9.13 Å². The van der Waals surface area contributed by atoms with Crippen molar-refractivity contribution in [3.05, 3.63) is 109 Å². The lowest BCUT2D eigenvalue weighted by Crippen LogP contribution is -3.00. The summed E-state index contributed by atoms with van der Waals surface area (Å²) in [7, 11) is -2.93. The summed E-state index contributed by atoms with van der Waals surface area (Å²) in [5.74, 6) is 0. The largest absolute Gasteiger partial charge is 1.00 e. The average Bonchev–Trinajstić information content (AvgIpc) is 2.80. The van der Waals surface area contributed by atoms with Gasteiger partial charge in [0.05, 0.1) is 0 Å². The highest BCUT2D eigenvalue weighted by Crippen LogP contribution is 2.16. The van der Waals surface area contributed by atoms with Gasteiger partial charge < -0.3 is 44.9 Å². The van der Waals surface area contributed by atoms with Crippen molar-refractivity contribution in [1.29, 1.82) is 0 Å². The Morgan fingerprint density at radius 1 is 0.529 bits per heavy atom. The highest BCUT2D eigenvalue weighted by Gasteiger charge is 2.14. The Labute approximate surface area is 211 Å². The quantitative estimate of drug-likeness (QED) is 0.151. The van der Waals surface area contributed by atoms with Gasteiger partial charge in [0.2, 0.25) is 0 Å². The third kappa shape index (κ3) is 7.14. The molecular formula is C24H24B2Cl2N2O4. The minimum absolute atomic E-state index is 0. The molecule has 0 spiro atoms. The molecule has 0 saturated heterocycles. The predicted octanol–water partition coefficient (Wildman–Crippen LogP) is -6.61. The first kappa shape index (κ1) is 27.5. The monoisotopic (exact) mass is 496 g/mol. The first-order valence-corrected chi connectivity index (χ1v) is 10.4. The lowest BCUT2D eigenvalue weighted by atomic mass is 9.79. The van der Waals surface area contributed by atoms with Gasteiger partial charge in [0.15, 0.2) is 37.9 Å². The summed E-state index contributed by atoms with van der Waals surface area (Å²) >= 11 is 0. The normalized spacial score (nSPS) is 10.1. The van der Waals surface area contributed by atoms with E-state index in [9.17, 15) is 20.1 Å². The van der Waals surface area contributed by atoms with Crippen molar-refractivity contribution >= 4 is 25.2 Å². The van der Waals surface area contributed by atoms with Crippen molar-refractivity contribution in [2.75, 3.05) is 0 Å². The Balaban J connectivity index is 0.00000204. The zero-order valence-corrected chi connectivity index (χ0v) is 19.8. The minimum Gasteiger partial charge on any atom is -1.00 e. The van der Waals surface area contributed by atoms with Gasteiger partial charge in [0.25, 0.3) is 0 Å². The van der Waals surface area contributed by atoms with E-state index in [1.54, 1.807) is 24.3 Å². The van der Waals surface area contributed by atoms with Crippen molar-refractivity contribution in [2.45, 2.75) is 13.1 Å². The number of pyridine rings is 2. The van der Waals surface area contributed by atoms with Crippen LogP contribution in [0.1, 0.15) is 11.1 Å². The molecular weight excluding hydrogens is 473 g/mol. The number of hydrogen-bond acceptors (Lipinski definition) is 4. The second-order valence-electron chi connectivity index (χ2n) is 7.76. The van der Waals surface area contributed by atoms with E-state index in [1.165, 1.54) is 0 Å². The fourth-order valence-corrected chi connectivity index (χ4v) is 3.64. The molecule has 2 heterocycles. The van der Waals surface area contributed by atoms with Crippen LogP contribution in [0.25, 0.3) is 11.1 Å². The summed E-state index contributed by atoms with van der Waals surface area (Å²) in [6.45, 7) is 1.27. The van der Waals surface area contributed by atoms with Crippen LogP contribution >= 0.6 is 0 Å². The molecule has 2 aromatic carbocycles. The fraction of sp³-hybridized carbons (Fsp3) is 0.0833. The smallest absolute Gasteiger partial charge is 0.488 e. The van der Waals surface area contributed by atoms with E-state index in [-0.39, 0.29) is 24.8 Å². The van der Waals surface area contributed by atoms with Gasteiger partial charge in [-0.05, 0) is 22.1 Å². The van der Waals surface area contributed by atoms with Crippen molar-refractivity contribution in [1.82, 2.24) is 0 Å². The third-order valence-electron chi connectivity index (χ3n) is 5.34. The van der Waals surface area contributed by atoms with Gasteiger partial charge >= 0.3 is 14.2 Å². The Hall–Kier alpha value is -2.71. The van der Waals surface area contributed by atoms with Crippen molar-refractivity contribution in [3.63, 3.8) is 0 Å². The van der Waals surface area contributed by atoms with Crippen LogP contribution in [-0.4, -0.2) is 34.3 Å². The molecule has 0 bridgehead atoms. The number of aromatic nitrogens is 2. The average molecular weight is 497 g/mol. The van der Waals surface area contributed by atoms with Gasteiger partial charge in [0, 0.05) is 35.4 Å². The van der Waals surface area contributed by atoms with Gasteiger partial charge in [-0.1, -0.05) is 48.5 Å². The highest BCUT2D eigenvalue weighted by atomic mass is 35.5. The highest BCUT2D eigenvalue weighted by molar-refractivity contribution is 6.58. The van der Waals surface area contributed by atoms with Crippen LogP contribution in [0.15, 0.2) is 97.6 Å². The molecule has 4 aromatic rings. The van der Waals surface area contributed by atoms with E-state index in [2.05, 4.69) is 24.3 Å². The SMILES string of the molecule is OB(O)c1cccc(C[n+]2ccc(-c3cc[n+](Cc4cccc(B(O)O)c4)cc3)cc2)c1.[Cl-].[Cl-]. The predicted molar refractivity (Wildman–Crippen MR) is 123 cm³/mol. The summed E-state index contributed by atoms with van der Waals surface area (Å²) in [5.41, 5.74) is 5.14. The summed E-state index contributed by atoms with van der Waals surface area (Å²) in [6, 6.07) is 22.7. The van der Waals surface area contributed by atoms with Gasteiger partial charge in [0.1, 0.15) is 0 Å². The fourth-order valence-electron chi connectivity index (χ4n) is 3.64. The standard InChI is InChI=1S/C24H24B2N2O4.2ClH/c29-25(30)23-5-1-3-19(15-23)17-27-11-7-21(8-12-27)22-9-13-28(14-10-22)18-20-4-2-6-24(16-20)26(31)32;;/h1-16,29-32H,17-18H2;2*1H/q+2;;/p-2. The summed E-state index contributed by atoms with van der Waals surface area (Å²) in [4.78, 5) is 0. The molecule has 0 aliphatic rings. The summed E-state index contributed by atoms with van der Waals surface area (Å²) < 4.78 is 4.08. The number of hydrogen-bond donors (Lipinski definition) is 4. The second kappa shape index (κ2) is 12.7. The zero-order valence-electron chi connectivity index (χ0n) is 18.2. The van der Waals surface area contributed by atoms with E-state index in [4.69, 9.17) is 0 Å².